The summed E-state index contributed by atoms with van der Waals surface area (Å²) in [5.74, 6) is 0.218. The number of alkyl halides is 1. The Balaban J connectivity index is 2.64. The van der Waals surface area contributed by atoms with Crippen molar-refractivity contribution in [1.29, 1.82) is 0 Å². The normalized spacial score (nSPS) is 9.13. The second-order valence-corrected chi connectivity index (χ2v) is 3.30. The third kappa shape index (κ3) is 4.21. The van der Waals surface area contributed by atoms with Crippen molar-refractivity contribution in [1.82, 2.24) is 0 Å². The summed E-state index contributed by atoms with van der Waals surface area (Å²) in [6.45, 7) is 0. The maximum Gasteiger partial charge on any atom is 0.225 e. The lowest BCUT2D eigenvalue weighted by Gasteiger charge is -2.03. The third-order valence-corrected chi connectivity index (χ3v) is 1.93. The van der Waals surface area contributed by atoms with Crippen LogP contribution in [0, 0.1) is 0 Å². The molecule has 0 aliphatic heterocycles. The van der Waals surface area contributed by atoms with Crippen molar-refractivity contribution in [2.24, 2.45) is 4.99 Å². The van der Waals surface area contributed by atoms with E-state index in [1.165, 1.54) is 0 Å². The van der Waals surface area contributed by atoms with Crippen LogP contribution in [0.1, 0.15) is 6.42 Å². The van der Waals surface area contributed by atoms with Crippen LogP contribution in [-0.4, -0.2) is 16.9 Å². The summed E-state index contributed by atoms with van der Waals surface area (Å²) >= 11 is 9.90. The molecule has 1 rings (SSSR count). The van der Waals surface area contributed by atoms with Crippen LogP contribution in [0.25, 0.3) is 0 Å². The van der Waals surface area contributed by atoms with E-state index < -0.39 is 0 Å². The lowest BCUT2D eigenvalue weighted by Crippen LogP contribution is -2.11. The van der Waals surface area contributed by atoms with Gasteiger partial charge in [0.05, 0.1) is 10.8 Å². The molecule has 0 bridgehead atoms. The quantitative estimate of drug-likeness (QED) is 0.499. The molecule has 3 nitrogen and oxygen atoms in total. The molecule has 15 heavy (non-hydrogen) atoms. The molecule has 78 valence electrons. The zero-order chi connectivity index (χ0) is 11.1. The van der Waals surface area contributed by atoms with Gasteiger partial charge in [0.15, 0.2) is 0 Å². The number of anilines is 1. The van der Waals surface area contributed by atoms with Crippen molar-refractivity contribution in [2.45, 2.75) is 6.42 Å². The highest BCUT2D eigenvalue weighted by Gasteiger charge is 2.00. The summed E-state index contributed by atoms with van der Waals surface area (Å²) in [4.78, 5) is 15.0. The number of hydrogen-bond acceptors (Lipinski definition) is 3. The Labute approximate surface area is 98.2 Å². The second-order valence-electron chi connectivity index (χ2n) is 2.74. The van der Waals surface area contributed by atoms with Gasteiger partial charge in [0.1, 0.15) is 0 Å². The fourth-order valence-corrected chi connectivity index (χ4v) is 1.26. The van der Waals surface area contributed by atoms with Crippen LogP contribution in [0.4, 0.5) is 11.4 Å². The molecule has 1 N–H and O–H groups in total. The smallest absolute Gasteiger partial charge is 0.225 e. The van der Waals surface area contributed by atoms with E-state index in [1.807, 2.05) is 0 Å². The minimum Gasteiger partial charge on any atom is -0.326 e. The van der Waals surface area contributed by atoms with E-state index in [0.717, 1.165) is 0 Å². The van der Waals surface area contributed by atoms with Crippen molar-refractivity contribution in [3.63, 3.8) is 0 Å². The van der Waals surface area contributed by atoms with Crippen molar-refractivity contribution in [2.75, 3.05) is 11.2 Å². The molecule has 0 fully saturated rings. The molecule has 0 spiro atoms. The third-order valence-electron chi connectivity index (χ3n) is 1.65. The minimum atomic E-state index is -0.101. The molecule has 0 aromatic heterocycles. The summed E-state index contributed by atoms with van der Waals surface area (Å²) in [7, 11) is 0. The largest absolute Gasteiger partial charge is 0.326 e. The number of benzene rings is 1. The number of hydrogen-bond donors (Lipinski definition) is 1. The van der Waals surface area contributed by atoms with Gasteiger partial charge in [-0.05, 0) is 36.5 Å². The summed E-state index contributed by atoms with van der Waals surface area (Å²) in [5, 5.41) is 4.97. The van der Waals surface area contributed by atoms with E-state index in [-0.39, 0.29) is 5.91 Å². The average Bonchev–Trinajstić information content (AvgIpc) is 2.22. The van der Waals surface area contributed by atoms with Gasteiger partial charge in [0, 0.05) is 18.0 Å². The highest BCUT2D eigenvalue weighted by Crippen LogP contribution is 2.15. The SMILES string of the molecule is O=C(CCCl)Nc1ccc(N=C=S)cc1. The monoisotopic (exact) mass is 240 g/mol. The molecule has 0 atom stereocenters. The Morgan fingerprint density at radius 2 is 2.13 bits per heavy atom. The molecule has 0 aliphatic carbocycles. The minimum absolute atomic E-state index is 0.101. The van der Waals surface area contributed by atoms with E-state index in [1.54, 1.807) is 24.3 Å². The van der Waals surface area contributed by atoms with Crippen LogP contribution < -0.4 is 5.32 Å². The predicted octanol–water partition coefficient (Wildman–Crippen LogP) is 2.99. The van der Waals surface area contributed by atoms with Gasteiger partial charge >= 0.3 is 0 Å². The van der Waals surface area contributed by atoms with E-state index in [0.29, 0.717) is 23.7 Å². The highest BCUT2D eigenvalue weighted by atomic mass is 35.5. The van der Waals surface area contributed by atoms with E-state index in [4.69, 9.17) is 11.6 Å². The number of carbonyl (C=O) groups excluding carboxylic acids is 1. The molecule has 1 amide bonds. The van der Waals surface area contributed by atoms with Gasteiger partial charge in [0.25, 0.3) is 0 Å². The Morgan fingerprint density at radius 3 is 2.67 bits per heavy atom. The molecule has 5 heteroatoms. The Morgan fingerprint density at radius 1 is 1.47 bits per heavy atom. The molecule has 0 saturated carbocycles. The molecule has 0 unspecified atom stereocenters. The van der Waals surface area contributed by atoms with E-state index in [2.05, 4.69) is 27.7 Å². The average molecular weight is 241 g/mol. The second kappa shape index (κ2) is 6.30. The van der Waals surface area contributed by atoms with Crippen LogP contribution >= 0.6 is 23.8 Å². The molecule has 1 aromatic carbocycles. The zero-order valence-electron chi connectivity index (χ0n) is 7.87. The lowest BCUT2D eigenvalue weighted by molar-refractivity contribution is -0.115. The highest BCUT2D eigenvalue weighted by molar-refractivity contribution is 7.78. The van der Waals surface area contributed by atoms with Gasteiger partial charge in [-0.15, -0.1) is 11.6 Å². The van der Waals surface area contributed by atoms with Gasteiger partial charge in [-0.1, -0.05) is 0 Å². The predicted molar refractivity (Wildman–Crippen MR) is 65.1 cm³/mol. The molecular formula is C10H9ClN2OS. The fraction of sp³-hybridized carbons (Fsp3) is 0.200. The van der Waals surface area contributed by atoms with Crippen LogP contribution in [0.3, 0.4) is 0 Å². The maximum atomic E-state index is 11.2. The lowest BCUT2D eigenvalue weighted by atomic mass is 10.3. The first-order valence-electron chi connectivity index (χ1n) is 4.30. The maximum absolute atomic E-state index is 11.2. The molecule has 0 heterocycles. The number of thiocarbonyl (C=S) groups is 1. The number of nitrogens with zero attached hydrogens (tertiary/aromatic N) is 1. The standard InChI is InChI=1S/C10H9ClN2OS/c11-6-5-10(14)13-9-3-1-8(2-4-9)12-7-15/h1-4H,5-6H2,(H,13,14). The van der Waals surface area contributed by atoms with Gasteiger partial charge < -0.3 is 5.32 Å². The topological polar surface area (TPSA) is 41.5 Å². The fourth-order valence-electron chi connectivity index (χ4n) is 0.981. The van der Waals surface area contributed by atoms with Crippen molar-refractivity contribution < 1.29 is 4.79 Å². The van der Waals surface area contributed by atoms with Gasteiger partial charge in [0.2, 0.25) is 5.91 Å². The van der Waals surface area contributed by atoms with E-state index in [9.17, 15) is 4.79 Å². The number of carbonyl (C=O) groups is 1. The first-order chi connectivity index (χ1) is 7.26. The van der Waals surface area contributed by atoms with Gasteiger partial charge in [-0.2, -0.15) is 4.99 Å². The van der Waals surface area contributed by atoms with Gasteiger partial charge in [-0.25, -0.2) is 0 Å². The number of rotatable bonds is 4. The van der Waals surface area contributed by atoms with Crippen molar-refractivity contribution in [3.05, 3.63) is 24.3 Å². The van der Waals surface area contributed by atoms with Crippen molar-refractivity contribution >= 4 is 46.3 Å². The van der Waals surface area contributed by atoms with Crippen LogP contribution in [0.5, 0.6) is 0 Å². The summed E-state index contributed by atoms with van der Waals surface area (Å²) in [5.41, 5.74) is 1.42. The molecule has 0 radical (unpaired) electrons. The number of aliphatic imine (C=N–C) groups is 1. The Hall–Kier alpha value is -1.22. The van der Waals surface area contributed by atoms with Crippen LogP contribution in [-0.2, 0) is 4.79 Å². The number of amides is 1. The Kier molecular flexibility index (Phi) is 4.98. The molecular weight excluding hydrogens is 232 g/mol. The summed E-state index contributed by atoms with van der Waals surface area (Å²) < 4.78 is 0. The number of nitrogens with one attached hydrogen (secondary N) is 1. The van der Waals surface area contributed by atoms with Crippen molar-refractivity contribution in [3.8, 4) is 0 Å². The zero-order valence-corrected chi connectivity index (χ0v) is 9.44. The first-order valence-corrected chi connectivity index (χ1v) is 5.24. The number of isothiocyanates is 1. The Bertz CT molecular complexity index is 385. The molecule has 0 saturated heterocycles. The van der Waals surface area contributed by atoms with E-state index >= 15 is 0 Å². The van der Waals surface area contributed by atoms with Gasteiger partial charge in [-0.3, -0.25) is 4.79 Å². The molecule has 0 aliphatic rings. The van der Waals surface area contributed by atoms with Crippen LogP contribution in [0.15, 0.2) is 29.3 Å². The first kappa shape index (κ1) is 11.9. The number of halogens is 1. The summed E-state index contributed by atoms with van der Waals surface area (Å²) in [6.07, 6.45) is 0.307. The van der Waals surface area contributed by atoms with Crippen LogP contribution in [0.2, 0.25) is 0 Å². The summed E-state index contributed by atoms with van der Waals surface area (Å²) in [6, 6.07) is 6.99. The molecule has 1 aromatic rings.